The largest absolute Gasteiger partial charge is 0.507 e. The molecule has 28 heavy (non-hydrogen) atoms. The van der Waals surface area contributed by atoms with Crippen molar-refractivity contribution in [3.05, 3.63) is 36.9 Å². The molecule has 2 aliphatic heterocycles. The number of fused-ring (bicyclic) bond motifs is 2. The van der Waals surface area contributed by atoms with E-state index in [0.29, 0.717) is 17.6 Å². The summed E-state index contributed by atoms with van der Waals surface area (Å²) >= 11 is 1.53. The number of piperidine rings is 1. The smallest absolute Gasteiger partial charge is 0.208 e. The number of phenolic OH excluding ortho intramolecular Hbond substituents is 1. The first kappa shape index (κ1) is 17.6. The highest BCUT2D eigenvalue weighted by Crippen LogP contribution is 2.40. The molecule has 0 amide bonds. The van der Waals surface area contributed by atoms with Crippen LogP contribution in [0.3, 0.4) is 0 Å². The minimum absolute atomic E-state index is 0.198. The fourth-order valence-corrected chi connectivity index (χ4v) is 5.50. The van der Waals surface area contributed by atoms with E-state index in [2.05, 4.69) is 39.4 Å². The Morgan fingerprint density at radius 3 is 3.00 bits per heavy atom. The topological polar surface area (TPSA) is 79.1 Å². The molecule has 2 aliphatic rings. The van der Waals surface area contributed by atoms with E-state index in [1.807, 2.05) is 22.9 Å². The number of anilines is 1. The van der Waals surface area contributed by atoms with Crippen LogP contribution < -0.4 is 10.2 Å². The molecule has 7 nitrogen and oxygen atoms in total. The van der Waals surface area contributed by atoms with E-state index in [-0.39, 0.29) is 11.3 Å². The predicted octanol–water partition coefficient (Wildman–Crippen LogP) is 3.21. The van der Waals surface area contributed by atoms with E-state index in [9.17, 15) is 5.11 Å². The summed E-state index contributed by atoms with van der Waals surface area (Å²) in [5.41, 5.74) is 1.81. The lowest BCUT2D eigenvalue weighted by atomic mass is 9.89. The van der Waals surface area contributed by atoms with Crippen LogP contribution >= 0.6 is 11.3 Å². The van der Waals surface area contributed by atoms with Crippen molar-refractivity contribution in [1.29, 1.82) is 0 Å². The molecule has 5 rings (SSSR count). The van der Waals surface area contributed by atoms with Gasteiger partial charge in [-0.1, -0.05) is 11.3 Å². The molecule has 1 aromatic carbocycles. The molecule has 0 radical (unpaired) electrons. The van der Waals surface area contributed by atoms with Crippen molar-refractivity contribution in [3.63, 3.8) is 0 Å². The fraction of sp³-hybridized carbons (Fsp3) is 0.450. The normalized spacial score (nSPS) is 26.5. The highest BCUT2D eigenvalue weighted by Gasteiger charge is 2.43. The molecule has 2 bridgehead atoms. The summed E-state index contributed by atoms with van der Waals surface area (Å²) < 4.78 is 1.86. The van der Waals surface area contributed by atoms with E-state index in [0.717, 1.165) is 28.7 Å². The van der Waals surface area contributed by atoms with Crippen LogP contribution in [0.25, 0.3) is 16.3 Å². The first-order valence-corrected chi connectivity index (χ1v) is 10.5. The average molecular weight is 397 g/mol. The Hall–Kier alpha value is -2.45. The molecule has 0 saturated carbocycles. The van der Waals surface area contributed by atoms with Crippen LogP contribution in [0.15, 0.2) is 36.9 Å². The molecule has 2 fully saturated rings. The van der Waals surface area contributed by atoms with Crippen LogP contribution in [0, 0.1) is 0 Å². The Balaban J connectivity index is 1.37. The number of nitrogens with zero attached hydrogens (tertiary/aromatic N) is 5. The van der Waals surface area contributed by atoms with Gasteiger partial charge < -0.3 is 19.9 Å². The molecule has 4 heterocycles. The Morgan fingerprint density at radius 1 is 1.36 bits per heavy atom. The standard InChI is InChI=1S/C20H24N6OS/c1-20-6-5-13(22-20)9-15(11-20)25(2)19-24-23-18(28-19)16-4-3-14(10-17(16)27)26-8-7-21-12-26/h3-4,7-8,10,12-13,15,22,27H,5-6,9,11H2,1-2H3/t13-,15-,20+/m1/s1. The monoisotopic (exact) mass is 396 g/mol. The zero-order valence-electron chi connectivity index (χ0n) is 16.0. The predicted molar refractivity (Wildman–Crippen MR) is 110 cm³/mol. The lowest BCUT2D eigenvalue weighted by molar-refractivity contribution is 0.267. The first-order valence-electron chi connectivity index (χ1n) is 9.66. The quantitative estimate of drug-likeness (QED) is 0.705. The number of hydrogen-bond acceptors (Lipinski definition) is 7. The van der Waals surface area contributed by atoms with E-state index in [4.69, 9.17) is 0 Å². The average Bonchev–Trinajstić information content (AvgIpc) is 3.41. The first-order chi connectivity index (χ1) is 13.5. The second kappa shape index (κ2) is 6.56. The van der Waals surface area contributed by atoms with Gasteiger partial charge in [-0.25, -0.2) is 4.98 Å². The van der Waals surface area contributed by atoms with Gasteiger partial charge >= 0.3 is 0 Å². The van der Waals surface area contributed by atoms with Crippen LogP contribution in [-0.4, -0.2) is 49.5 Å². The summed E-state index contributed by atoms with van der Waals surface area (Å²) in [7, 11) is 2.12. The maximum absolute atomic E-state index is 10.5. The summed E-state index contributed by atoms with van der Waals surface area (Å²) in [5.74, 6) is 0.198. The lowest BCUT2D eigenvalue weighted by Gasteiger charge is -2.40. The minimum Gasteiger partial charge on any atom is -0.507 e. The molecule has 2 N–H and O–H groups in total. The second-order valence-corrected chi connectivity index (χ2v) is 9.16. The highest BCUT2D eigenvalue weighted by molar-refractivity contribution is 7.18. The van der Waals surface area contributed by atoms with E-state index in [1.54, 1.807) is 18.6 Å². The van der Waals surface area contributed by atoms with Gasteiger partial charge in [-0.05, 0) is 44.7 Å². The van der Waals surface area contributed by atoms with Crippen LogP contribution in [0.2, 0.25) is 0 Å². The van der Waals surface area contributed by atoms with E-state index < -0.39 is 0 Å². The van der Waals surface area contributed by atoms with Gasteiger partial charge in [0.25, 0.3) is 0 Å². The highest BCUT2D eigenvalue weighted by atomic mass is 32.1. The van der Waals surface area contributed by atoms with Crippen LogP contribution in [0.5, 0.6) is 5.75 Å². The third-order valence-electron chi connectivity index (χ3n) is 6.12. The number of aromatic hydroxyl groups is 1. The number of nitrogens with one attached hydrogen (secondary N) is 1. The van der Waals surface area contributed by atoms with Gasteiger partial charge in [-0.2, -0.15) is 0 Å². The van der Waals surface area contributed by atoms with Gasteiger partial charge in [0.15, 0.2) is 5.01 Å². The van der Waals surface area contributed by atoms with Gasteiger partial charge in [0.05, 0.1) is 17.6 Å². The Labute approximate surface area is 168 Å². The number of benzene rings is 1. The number of hydrogen-bond donors (Lipinski definition) is 2. The molecule has 2 saturated heterocycles. The van der Waals surface area contributed by atoms with Crippen molar-refractivity contribution in [2.45, 2.75) is 50.2 Å². The SMILES string of the molecule is CN(c1nnc(-c2ccc(-n3ccnc3)cc2O)s1)[C@@H]1C[C@H]2CC[C@@](C)(C1)N2. The summed E-state index contributed by atoms with van der Waals surface area (Å²) in [6.45, 7) is 2.33. The van der Waals surface area contributed by atoms with Crippen LogP contribution in [0.4, 0.5) is 5.13 Å². The summed E-state index contributed by atoms with van der Waals surface area (Å²) in [6.07, 6.45) is 10.1. The molecule has 146 valence electrons. The van der Waals surface area contributed by atoms with Crippen molar-refractivity contribution in [1.82, 2.24) is 25.1 Å². The molecule has 2 aromatic heterocycles. The number of rotatable bonds is 4. The molecule has 3 atom stereocenters. The third kappa shape index (κ3) is 3.06. The van der Waals surface area contributed by atoms with Crippen LogP contribution in [0.1, 0.15) is 32.6 Å². The van der Waals surface area contributed by atoms with Crippen molar-refractivity contribution in [3.8, 4) is 22.0 Å². The maximum atomic E-state index is 10.5. The lowest BCUT2D eigenvalue weighted by Crippen LogP contribution is -2.53. The maximum Gasteiger partial charge on any atom is 0.208 e. The molecule has 0 unspecified atom stereocenters. The molecule has 3 aromatic rings. The van der Waals surface area contributed by atoms with Crippen molar-refractivity contribution in [2.75, 3.05) is 11.9 Å². The molecular formula is C20H24N6OS. The van der Waals surface area contributed by atoms with E-state index >= 15 is 0 Å². The van der Waals surface area contributed by atoms with Crippen molar-refractivity contribution < 1.29 is 5.11 Å². The minimum atomic E-state index is 0.198. The summed E-state index contributed by atoms with van der Waals surface area (Å²) in [6, 6.07) is 6.65. The number of imidazole rings is 1. The van der Waals surface area contributed by atoms with E-state index in [1.165, 1.54) is 24.2 Å². The molecular weight excluding hydrogens is 372 g/mol. The van der Waals surface area contributed by atoms with Crippen molar-refractivity contribution in [2.24, 2.45) is 0 Å². The third-order valence-corrected chi connectivity index (χ3v) is 7.17. The number of phenols is 1. The Bertz CT molecular complexity index is 987. The van der Waals surface area contributed by atoms with Gasteiger partial charge in [-0.3, -0.25) is 0 Å². The van der Waals surface area contributed by atoms with Gasteiger partial charge in [0.1, 0.15) is 5.75 Å². The molecule has 0 spiro atoms. The van der Waals surface area contributed by atoms with Gasteiger partial charge in [0, 0.05) is 43.1 Å². The summed E-state index contributed by atoms with van der Waals surface area (Å²) in [5, 5.41) is 24.7. The molecule has 0 aliphatic carbocycles. The zero-order valence-corrected chi connectivity index (χ0v) is 16.9. The Morgan fingerprint density at radius 2 is 2.25 bits per heavy atom. The molecule has 8 heteroatoms. The van der Waals surface area contributed by atoms with Gasteiger partial charge in [0.2, 0.25) is 5.13 Å². The number of aromatic nitrogens is 4. The second-order valence-electron chi connectivity index (χ2n) is 8.21. The summed E-state index contributed by atoms with van der Waals surface area (Å²) in [4.78, 5) is 6.32. The van der Waals surface area contributed by atoms with Crippen LogP contribution in [-0.2, 0) is 0 Å². The fourth-order valence-electron chi connectivity index (χ4n) is 4.59. The van der Waals surface area contributed by atoms with Gasteiger partial charge in [-0.15, -0.1) is 10.2 Å². The Kier molecular flexibility index (Phi) is 4.13. The van der Waals surface area contributed by atoms with Crippen molar-refractivity contribution >= 4 is 16.5 Å². The zero-order chi connectivity index (χ0) is 19.3.